The van der Waals surface area contributed by atoms with Crippen LogP contribution in [0.2, 0.25) is 5.02 Å². The Hall–Kier alpha value is -3.02. The van der Waals surface area contributed by atoms with Crippen LogP contribution in [-0.2, 0) is 6.61 Å². The SMILES string of the molecule is N#CC(=Cc1ccccc1OCc1ccccc1)c1ccc(Cl)cc1. The smallest absolute Gasteiger partial charge is 0.127 e. The maximum atomic E-state index is 9.52. The fraction of sp³-hybridized carbons (Fsp3) is 0.0455. The van der Waals surface area contributed by atoms with Crippen molar-refractivity contribution in [3.8, 4) is 11.8 Å². The van der Waals surface area contributed by atoms with Crippen molar-refractivity contribution in [2.75, 3.05) is 0 Å². The van der Waals surface area contributed by atoms with Crippen LogP contribution < -0.4 is 4.74 Å². The van der Waals surface area contributed by atoms with E-state index in [1.54, 1.807) is 12.1 Å². The van der Waals surface area contributed by atoms with Gasteiger partial charge in [0.05, 0.1) is 11.6 Å². The first kappa shape index (κ1) is 16.8. The third kappa shape index (κ3) is 4.50. The fourth-order valence-corrected chi connectivity index (χ4v) is 2.56. The molecule has 0 amide bonds. The molecule has 0 radical (unpaired) electrons. The zero-order chi connectivity index (χ0) is 17.5. The number of ether oxygens (including phenoxy) is 1. The summed E-state index contributed by atoms with van der Waals surface area (Å²) in [5.41, 5.74) is 3.35. The molecule has 0 spiro atoms. The molecule has 0 heterocycles. The van der Waals surface area contributed by atoms with Crippen LogP contribution in [0.4, 0.5) is 0 Å². The Morgan fingerprint density at radius 3 is 2.32 bits per heavy atom. The first-order valence-corrected chi connectivity index (χ1v) is 8.27. The minimum atomic E-state index is 0.481. The number of nitriles is 1. The van der Waals surface area contributed by atoms with E-state index in [2.05, 4.69) is 6.07 Å². The molecule has 3 aromatic carbocycles. The maximum Gasteiger partial charge on any atom is 0.127 e. The topological polar surface area (TPSA) is 33.0 Å². The first-order valence-electron chi connectivity index (χ1n) is 7.90. The van der Waals surface area contributed by atoms with Gasteiger partial charge in [-0.3, -0.25) is 0 Å². The molecule has 0 unspecified atom stereocenters. The van der Waals surface area contributed by atoms with E-state index in [0.717, 1.165) is 22.4 Å². The number of nitrogens with zero attached hydrogens (tertiary/aromatic N) is 1. The summed E-state index contributed by atoms with van der Waals surface area (Å²) in [7, 11) is 0. The monoisotopic (exact) mass is 345 g/mol. The highest BCUT2D eigenvalue weighted by Gasteiger charge is 2.05. The minimum absolute atomic E-state index is 0.481. The number of rotatable bonds is 5. The molecule has 0 atom stereocenters. The largest absolute Gasteiger partial charge is 0.488 e. The molecule has 0 fully saturated rings. The Morgan fingerprint density at radius 2 is 1.60 bits per heavy atom. The predicted octanol–water partition coefficient (Wildman–Crippen LogP) is 5.98. The van der Waals surface area contributed by atoms with Gasteiger partial charge in [0.25, 0.3) is 0 Å². The summed E-state index contributed by atoms with van der Waals surface area (Å²) in [4.78, 5) is 0. The maximum absolute atomic E-state index is 9.52. The molecule has 0 aliphatic heterocycles. The van der Waals surface area contributed by atoms with Gasteiger partial charge in [-0.05, 0) is 35.4 Å². The van der Waals surface area contributed by atoms with Gasteiger partial charge in [-0.1, -0.05) is 72.3 Å². The first-order chi connectivity index (χ1) is 12.3. The lowest BCUT2D eigenvalue weighted by atomic mass is 10.0. The van der Waals surface area contributed by atoms with Gasteiger partial charge in [0.2, 0.25) is 0 Å². The Morgan fingerprint density at radius 1 is 0.920 bits per heavy atom. The van der Waals surface area contributed by atoms with E-state index >= 15 is 0 Å². The third-order valence-electron chi connectivity index (χ3n) is 3.73. The van der Waals surface area contributed by atoms with Crippen LogP contribution in [0, 0.1) is 11.3 Å². The quantitative estimate of drug-likeness (QED) is 0.420. The van der Waals surface area contributed by atoms with Crippen molar-refractivity contribution in [1.82, 2.24) is 0 Å². The third-order valence-corrected chi connectivity index (χ3v) is 3.98. The van der Waals surface area contributed by atoms with Crippen molar-refractivity contribution < 1.29 is 4.74 Å². The molecule has 0 aliphatic rings. The Labute approximate surface area is 152 Å². The molecule has 3 heteroatoms. The number of hydrogen-bond acceptors (Lipinski definition) is 2. The number of halogens is 1. The molecule has 122 valence electrons. The molecular formula is C22H16ClNO. The van der Waals surface area contributed by atoms with E-state index in [1.165, 1.54) is 0 Å². The van der Waals surface area contributed by atoms with Gasteiger partial charge >= 0.3 is 0 Å². The van der Waals surface area contributed by atoms with Gasteiger partial charge in [0.1, 0.15) is 12.4 Å². The summed E-state index contributed by atoms with van der Waals surface area (Å²) in [6.07, 6.45) is 1.84. The van der Waals surface area contributed by atoms with Crippen LogP contribution in [0.15, 0.2) is 78.9 Å². The zero-order valence-corrected chi connectivity index (χ0v) is 14.3. The van der Waals surface area contributed by atoms with Crippen LogP contribution in [0.25, 0.3) is 11.6 Å². The molecule has 25 heavy (non-hydrogen) atoms. The highest BCUT2D eigenvalue weighted by molar-refractivity contribution is 6.30. The average molecular weight is 346 g/mol. The van der Waals surface area contributed by atoms with E-state index in [4.69, 9.17) is 16.3 Å². The molecule has 3 rings (SSSR count). The van der Waals surface area contributed by atoms with Gasteiger partial charge < -0.3 is 4.74 Å². The predicted molar refractivity (Wildman–Crippen MR) is 102 cm³/mol. The normalized spacial score (nSPS) is 11.0. The standard InChI is InChI=1S/C22H16ClNO/c23-21-12-10-18(11-13-21)20(15-24)14-19-8-4-5-9-22(19)25-16-17-6-2-1-3-7-17/h1-14H,16H2. The Balaban J connectivity index is 1.86. The van der Waals surface area contributed by atoms with Gasteiger partial charge in [0, 0.05) is 10.6 Å². The molecule has 0 saturated heterocycles. The lowest BCUT2D eigenvalue weighted by Crippen LogP contribution is -1.96. The lowest BCUT2D eigenvalue weighted by molar-refractivity contribution is 0.305. The van der Waals surface area contributed by atoms with Crippen LogP contribution >= 0.6 is 11.6 Å². The summed E-state index contributed by atoms with van der Waals surface area (Å²) >= 11 is 5.92. The second-order valence-corrected chi connectivity index (χ2v) is 5.93. The number of benzene rings is 3. The van der Waals surface area contributed by atoms with Crippen LogP contribution in [-0.4, -0.2) is 0 Å². The Bertz CT molecular complexity index is 909. The number of hydrogen-bond donors (Lipinski definition) is 0. The molecular weight excluding hydrogens is 330 g/mol. The van der Waals surface area contributed by atoms with E-state index < -0.39 is 0 Å². The molecule has 2 nitrogen and oxygen atoms in total. The average Bonchev–Trinajstić information content (AvgIpc) is 2.67. The number of allylic oxidation sites excluding steroid dienone is 1. The molecule has 0 saturated carbocycles. The summed E-state index contributed by atoms with van der Waals surface area (Å²) in [6.45, 7) is 0.481. The van der Waals surface area contributed by atoms with Crippen LogP contribution in [0.1, 0.15) is 16.7 Å². The van der Waals surface area contributed by atoms with Crippen molar-refractivity contribution in [1.29, 1.82) is 5.26 Å². The highest BCUT2D eigenvalue weighted by Crippen LogP contribution is 2.26. The van der Waals surface area contributed by atoms with E-state index in [9.17, 15) is 5.26 Å². The summed E-state index contributed by atoms with van der Waals surface area (Å²) in [6, 6.07) is 27.2. The molecule has 0 aromatic heterocycles. The molecule has 0 aliphatic carbocycles. The van der Waals surface area contributed by atoms with E-state index in [1.807, 2.05) is 72.8 Å². The highest BCUT2D eigenvalue weighted by atomic mass is 35.5. The van der Waals surface area contributed by atoms with Gasteiger partial charge in [-0.2, -0.15) is 5.26 Å². The molecule has 0 bridgehead atoms. The summed E-state index contributed by atoms with van der Waals surface area (Å²) < 4.78 is 5.95. The molecule has 3 aromatic rings. The van der Waals surface area contributed by atoms with Crippen molar-refractivity contribution in [2.24, 2.45) is 0 Å². The van der Waals surface area contributed by atoms with Crippen LogP contribution in [0.3, 0.4) is 0 Å². The van der Waals surface area contributed by atoms with Crippen molar-refractivity contribution in [3.05, 3.63) is 101 Å². The van der Waals surface area contributed by atoms with Crippen LogP contribution in [0.5, 0.6) is 5.75 Å². The summed E-state index contributed by atoms with van der Waals surface area (Å²) in [5.74, 6) is 0.744. The second kappa shape index (κ2) is 8.19. The molecule has 0 N–H and O–H groups in total. The van der Waals surface area contributed by atoms with Crippen molar-refractivity contribution in [3.63, 3.8) is 0 Å². The van der Waals surface area contributed by atoms with Gasteiger partial charge in [-0.15, -0.1) is 0 Å². The number of para-hydroxylation sites is 1. The van der Waals surface area contributed by atoms with Crippen molar-refractivity contribution in [2.45, 2.75) is 6.61 Å². The van der Waals surface area contributed by atoms with E-state index in [0.29, 0.717) is 17.2 Å². The Kier molecular flexibility index (Phi) is 5.51. The zero-order valence-electron chi connectivity index (χ0n) is 13.5. The van der Waals surface area contributed by atoms with Gasteiger partial charge in [-0.25, -0.2) is 0 Å². The summed E-state index contributed by atoms with van der Waals surface area (Å²) in [5, 5.41) is 10.2. The second-order valence-electron chi connectivity index (χ2n) is 5.49. The fourth-order valence-electron chi connectivity index (χ4n) is 2.43. The van der Waals surface area contributed by atoms with E-state index in [-0.39, 0.29) is 0 Å². The van der Waals surface area contributed by atoms with Crippen molar-refractivity contribution >= 4 is 23.3 Å². The lowest BCUT2D eigenvalue weighted by Gasteiger charge is -2.10. The minimum Gasteiger partial charge on any atom is -0.488 e. The van der Waals surface area contributed by atoms with Gasteiger partial charge in [0.15, 0.2) is 0 Å².